The molecular weight excluding hydrogens is 272 g/mol. The highest BCUT2D eigenvalue weighted by atomic mass is 16.3. The monoisotopic (exact) mass is 288 g/mol. The minimum absolute atomic E-state index is 0.103. The van der Waals surface area contributed by atoms with Crippen molar-refractivity contribution >= 4 is 12.2 Å². The van der Waals surface area contributed by atoms with Gasteiger partial charge >= 0.3 is 0 Å². The molecule has 21 heavy (non-hydrogen) atoms. The second-order valence-electron chi connectivity index (χ2n) is 4.42. The smallest absolute Gasteiger partial charge is 0.255 e. The lowest BCUT2D eigenvalue weighted by atomic mass is 10.2. The van der Waals surface area contributed by atoms with Gasteiger partial charge in [-0.15, -0.1) is 0 Å². The van der Waals surface area contributed by atoms with Gasteiger partial charge in [-0.05, 0) is 24.6 Å². The van der Waals surface area contributed by atoms with Crippen molar-refractivity contribution in [3.8, 4) is 5.75 Å². The van der Waals surface area contributed by atoms with Crippen LogP contribution in [0.15, 0.2) is 34.2 Å². The van der Waals surface area contributed by atoms with Gasteiger partial charge < -0.3 is 10.2 Å². The molecule has 0 unspecified atom stereocenters. The number of hydrogen-bond acceptors (Lipinski definition) is 6. The van der Waals surface area contributed by atoms with Crippen LogP contribution in [0, 0.1) is 6.92 Å². The average Bonchev–Trinajstić information content (AvgIpc) is 2.43. The standard InChI is InChI=1S/C14H16N4O3/c1-9-12(5-6-19)13(21)17-14(16-9)18-15-8-10-3-2-4-11(20)7-10/h2-4,7-8,19-20H,5-6H2,1H3,(H2,16,17,18,21)/b15-8-. The van der Waals surface area contributed by atoms with Crippen LogP contribution in [0.4, 0.5) is 5.95 Å². The molecule has 0 radical (unpaired) electrons. The third-order valence-corrected chi connectivity index (χ3v) is 2.84. The summed E-state index contributed by atoms with van der Waals surface area (Å²) in [6, 6.07) is 6.59. The number of aromatic hydroxyl groups is 1. The van der Waals surface area contributed by atoms with Crippen LogP contribution in [0.5, 0.6) is 5.75 Å². The van der Waals surface area contributed by atoms with Gasteiger partial charge in [0.05, 0.1) is 11.9 Å². The summed E-state index contributed by atoms with van der Waals surface area (Å²) >= 11 is 0. The van der Waals surface area contributed by atoms with E-state index in [4.69, 9.17) is 5.11 Å². The summed E-state index contributed by atoms with van der Waals surface area (Å²) in [5, 5.41) is 22.2. The maximum atomic E-state index is 11.8. The molecule has 0 saturated carbocycles. The molecule has 0 aliphatic carbocycles. The molecule has 0 amide bonds. The molecule has 4 N–H and O–H groups in total. The zero-order valence-electron chi connectivity index (χ0n) is 11.5. The van der Waals surface area contributed by atoms with Crippen LogP contribution >= 0.6 is 0 Å². The molecule has 2 aromatic rings. The lowest BCUT2D eigenvalue weighted by Crippen LogP contribution is -2.19. The molecule has 7 heteroatoms. The maximum absolute atomic E-state index is 11.8. The van der Waals surface area contributed by atoms with Gasteiger partial charge in [0, 0.05) is 18.6 Å². The van der Waals surface area contributed by atoms with Gasteiger partial charge in [-0.3, -0.25) is 9.78 Å². The second kappa shape index (κ2) is 6.67. The molecule has 0 saturated heterocycles. The number of phenols is 1. The number of phenolic OH excluding ortho intramolecular Hbond substituents is 1. The maximum Gasteiger partial charge on any atom is 0.255 e. The number of benzene rings is 1. The average molecular weight is 288 g/mol. The topological polar surface area (TPSA) is 111 Å². The van der Waals surface area contributed by atoms with E-state index < -0.39 is 0 Å². The third kappa shape index (κ3) is 3.90. The van der Waals surface area contributed by atoms with Gasteiger partial charge in [0.25, 0.3) is 5.56 Å². The number of H-pyrrole nitrogens is 1. The largest absolute Gasteiger partial charge is 0.508 e. The van der Waals surface area contributed by atoms with Crippen LogP contribution in [0.2, 0.25) is 0 Å². The molecule has 1 aromatic heterocycles. The van der Waals surface area contributed by atoms with Crippen LogP contribution in [-0.2, 0) is 6.42 Å². The number of aliphatic hydroxyl groups excluding tert-OH is 1. The predicted molar refractivity (Wildman–Crippen MR) is 79.7 cm³/mol. The third-order valence-electron chi connectivity index (χ3n) is 2.84. The van der Waals surface area contributed by atoms with Gasteiger partial charge in [-0.25, -0.2) is 10.4 Å². The lowest BCUT2D eigenvalue weighted by Gasteiger charge is -2.05. The van der Waals surface area contributed by atoms with Crippen molar-refractivity contribution in [3.63, 3.8) is 0 Å². The first-order valence-corrected chi connectivity index (χ1v) is 6.39. The first kappa shape index (κ1) is 14.7. The van der Waals surface area contributed by atoms with Crippen LogP contribution in [0.25, 0.3) is 0 Å². The molecule has 1 aromatic carbocycles. The Labute approximate surface area is 121 Å². The minimum atomic E-state index is -0.299. The first-order chi connectivity index (χ1) is 10.1. The molecule has 7 nitrogen and oxygen atoms in total. The summed E-state index contributed by atoms with van der Waals surface area (Å²) < 4.78 is 0. The quantitative estimate of drug-likeness (QED) is 0.479. The Kier molecular flexibility index (Phi) is 4.68. The number of aryl methyl sites for hydroxylation is 1. The Morgan fingerprint density at radius 2 is 2.29 bits per heavy atom. The van der Waals surface area contributed by atoms with Crippen molar-refractivity contribution in [2.45, 2.75) is 13.3 Å². The van der Waals surface area contributed by atoms with Crippen molar-refractivity contribution in [1.29, 1.82) is 0 Å². The molecule has 1 heterocycles. The van der Waals surface area contributed by atoms with E-state index in [1.165, 1.54) is 6.21 Å². The van der Waals surface area contributed by atoms with E-state index in [-0.39, 0.29) is 30.3 Å². The van der Waals surface area contributed by atoms with E-state index in [0.29, 0.717) is 16.8 Å². The number of hydrazone groups is 1. The molecule has 0 spiro atoms. The summed E-state index contributed by atoms with van der Waals surface area (Å²) in [5.41, 5.74) is 4.03. The number of anilines is 1. The number of aromatic nitrogens is 2. The van der Waals surface area contributed by atoms with E-state index >= 15 is 0 Å². The highest BCUT2D eigenvalue weighted by Crippen LogP contribution is 2.09. The van der Waals surface area contributed by atoms with Gasteiger partial charge in [-0.2, -0.15) is 5.10 Å². The fourth-order valence-electron chi connectivity index (χ4n) is 1.84. The van der Waals surface area contributed by atoms with Crippen molar-refractivity contribution < 1.29 is 10.2 Å². The van der Waals surface area contributed by atoms with Crippen LogP contribution in [0.3, 0.4) is 0 Å². The number of nitrogens with one attached hydrogen (secondary N) is 2. The summed E-state index contributed by atoms with van der Waals surface area (Å²) in [6.07, 6.45) is 1.76. The van der Waals surface area contributed by atoms with Crippen molar-refractivity contribution in [2.75, 3.05) is 12.0 Å². The molecule has 0 aliphatic rings. The van der Waals surface area contributed by atoms with Crippen molar-refractivity contribution in [1.82, 2.24) is 9.97 Å². The number of nitrogens with zero attached hydrogens (tertiary/aromatic N) is 2. The summed E-state index contributed by atoms with van der Waals surface area (Å²) in [6.45, 7) is 1.60. The summed E-state index contributed by atoms with van der Waals surface area (Å²) in [5.74, 6) is 0.366. The van der Waals surface area contributed by atoms with Gasteiger partial charge in [-0.1, -0.05) is 12.1 Å². The predicted octanol–water partition coefficient (Wildman–Crippen LogP) is 0.765. The van der Waals surface area contributed by atoms with E-state index in [1.807, 2.05) is 0 Å². The van der Waals surface area contributed by atoms with Gasteiger partial charge in [0.1, 0.15) is 5.75 Å². The fourth-order valence-corrected chi connectivity index (χ4v) is 1.84. The molecular formula is C14H16N4O3. The van der Waals surface area contributed by atoms with E-state index in [0.717, 1.165) is 0 Å². The highest BCUT2D eigenvalue weighted by molar-refractivity contribution is 5.80. The highest BCUT2D eigenvalue weighted by Gasteiger charge is 2.06. The Hall–Kier alpha value is -2.67. The summed E-state index contributed by atoms with van der Waals surface area (Å²) in [7, 11) is 0. The Morgan fingerprint density at radius 1 is 1.48 bits per heavy atom. The van der Waals surface area contributed by atoms with Gasteiger partial charge in [0.2, 0.25) is 5.95 Å². The van der Waals surface area contributed by atoms with Gasteiger partial charge in [0.15, 0.2) is 0 Å². The van der Waals surface area contributed by atoms with Crippen LogP contribution in [-0.4, -0.2) is 33.0 Å². The van der Waals surface area contributed by atoms with Crippen molar-refractivity contribution in [3.05, 3.63) is 51.4 Å². The number of rotatable bonds is 5. The number of hydrogen-bond donors (Lipinski definition) is 4. The molecule has 0 bridgehead atoms. The Morgan fingerprint density at radius 3 is 2.95 bits per heavy atom. The molecule has 110 valence electrons. The minimum Gasteiger partial charge on any atom is -0.508 e. The molecule has 0 atom stereocenters. The molecule has 0 fully saturated rings. The lowest BCUT2D eigenvalue weighted by molar-refractivity contribution is 0.298. The SMILES string of the molecule is Cc1nc(N/N=C\c2cccc(O)c2)[nH]c(=O)c1CCO. The number of aromatic amines is 1. The Bertz CT molecular complexity index is 710. The van der Waals surface area contributed by atoms with E-state index in [9.17, 15) is 9.90 Å². The normalized spacial score (nSPS) is 11.0. The zero-order chi connectivity index (χ0) is 15.2. The van der Waals surface area contributed by atoms with Crippen LogP contribution < -0.4 is 11.0 Å². The number of aliphatic hydroxyl groups is 1. The zero-order valence-corrected chi connectivity index (χ0v) is 11.5. The second-order valence-corrected chi connectivity index (χ2v) is 4.42. The molecule has 0 aliphatic heterocycles. The fraction of sp³-hybridized carbons (Fsp3) is 0.214. The van der Waals surface area contributed by atoms with Crippen molar-refractivity contribution in [2.24, 2.45) is 5.10 Å². The van der Waals surface area contributed by atoms with E-state index in [1.54, 1.807) is 31.2 Å². The molecule has 2 rings (SSSR count). The first-order valence-electron chi connectivity index (χ1n) is 6.39. The van der Waals surface area contributed by atoms with E-state index in [2.05, 4.69) is 20.5 Å². The van der Waals surface area contributed by atoms with Crippen LogP contribution in [0.1, 0.15) is 16.8 Å². The summed E-state index contributed by atoms with van der Waals surface area (Å²) in [4.78, 5) is 18.5. The Balaban J connectivity index is 2.12.